The molecule has 0 spiro atoms. The smallest absolute Gasteiger partial charge is 0.253 e. The van der Waals surface area contributed by atoms with Gasteiger partial charge in [-0.05, 0) is 38.1 Å². The van der Waals surface area contributed by atoms with Crippen molar-refractivity contribution in [3.05, 3.63) is 35.9 Å². The molecule has 1 aromatic carbocycles. The first-order chi connectivity index (χ1) is 10.1. The van der Waals surface area contributed by atoms with Crippen LogP contribution in [0.4, 0.5) is 0 Å². The number of amides is 2. The Kier molecular flexibility index (Phi) is 3.92. The number of hydrogen-bond acceptors (Lipinski definition) is 3. The third-order valence-corrected chi connectivity index (χ3v) is 4.62. The van der Waals surface area contributed by atoms with Gasteiger partial charge in [-0.25, -0.2) is 0 Å². The number of primary amides is 1. The van der Waals surface area contributed by atoms with E-state index in [1.807, 2.05) is 35.2 Å². The molecule has 0 saturated carbocycles. The van der Waals surface area contributed by atoms with E-state index in [0.29, 0.717) is 6.04 Å². The second kappa shape index (κ2) is 5.85. The van der Waals surface area contributed by atoms with Crippen LogP contribution in [0.1, 0.15) is 23.2 Å². The first-order valence-electron chi connectivity index (χ1n) is 7.53. The standard InChI is InChI=1S/C16H21N3O2/c17-15(20)12-6-8-18(9-7-12)14-10-19(11-14)16(21)13-4-2-1-3-5-13/h1-5,12,14H,6-11H2,(H2,17,20). The van der Waals surface area contributed by atoms with Crippen molar-refractivity contribution < 1.29 is 9.59 Å². The fourth-order valence-electron chi connectivity index (χ4n) is 3.16. The molecule has 21 heavy (non-hydrogen) atoms. The zero-order valence-corrected chi connectivity index (χ0v) is 12.1. The van der Waals surface area contributed by atoms with E-state index in [1.165, 1.54) is 0 Å². The van der Waals surface area contributed by atoms with Crippen molar-refractivity contribution >= 4 is 11.8 Å². The SMILES string of the molecule is NC(=O)C1CCN(C2CN(C(=O)c3ccccc3)C2)CC1. The van der Waals surface area contributed by atoms with E-state index in [4.69, 9.17) is 5.73 Å². The van der Waals surface area contributed by atoms with E-state index in [9.17, 15) is 9.59 Å². The largest absolute Gasteiger partial charge is 0.369 e. The predicted molar refractivity (Wildman–Crippen MR) is 79.6 cm³/mol. The Morgan fingerprint density at radius 2 is 1.67 bits per heavy atom. The number of hydrogen-bond donors (Lipinski definition) is 1. The fourth-order valence-corrected chi connectivity index (χ4v) is 3.16. The van der Waals surface area contributed by atoms with Gasteiger partial charge in [0.1, 0.15) is 0 Å². The maximum absolute atomic E-state index is 12.2. The van der Waals surface area contributed by atoms with Gasteiger partial charge in [-0.3, -0.25) is 14.5 Å². The van der Waals surface area contributed by atoms with Crippen molar-refractivity contribution in [3.63, 3.8) is 0 Å². The number of carbonyl (C=O) groups is 2. The van der Waals surface area contributed by atoms with Gasteiger partial charge in [-0.2, -0.15) is 0 Å². The summed E-state index contributed by atoms with van der Waals surface area (Å²) in [5, 5.41) is 0. The van der Waals surface area contributed by atoms with Crippen molar-refractivity contribution in [3.8, 4) is 0 Å². The van der Waals surface area contributed by atoms with Crippen LogP contribution in [0.3, 0.4) is 0 Å². The van der Waals surface area contributed by atoms with Crippen molar-refractivity contribution in [2.45, 2.75) is 18.9 Å². The summed E-state index contributed by atoms with van der Waals surface area (Å²) in [5.41, 5.74) is 6.10. The molecule has 2 fully saturated rings. The molecule has 0 radical (unpaired) electrons. The molecule has 2 saturated heterocycles. The van der Waals surface area contributed by atoms with Crippen LogP contribution in [0.5, 0.6) is 0 Å². The summed E-state index contributed by atoms with van der Waals surface area (Å²) < 4.78 is 0. The maximum Gasteiger partial charge on any atom is 0.253 e. The van der Waals surface area contributed by atoms with Crippen LogP contribution in [0, 0.1) is 5.92 Å². The van der Waals surface area contributed by atoms with E-state index in [-0.39, 0.29) is 17.7 Å². The zero-order valence-electron chi connectivity index (χ0n) is 12.1. The van der Waals surface area contributed by atoms with E-state index in [0.717, 1.165) is 44.6 Å². The summed E-state index contributed by atoms with van der Waals surface area (Å²) in [4.78, 5) is 27.7. The second-order valence-electron chi connectivity index (χ2n) is 5.94. The van der Waals surface area contributed by atoms with Crippen molar-refractivity contribution in [2.24, 2.45) is 11.7 Å². The van der Waals surface area contributed by atoms with Crippen LogP contribution >= 0.6 is 0 Å². The molecular formula is C16H21N3O2. The Hall–Kier alpha value is -1.88. The van der Waals surface area contributed by atoms with Crippen LogP contribution in [-0.4, -0.2) is 53.8 Å². The summed E-state index contributed by atoms with van der Waals surface area (Å²) in [5.74, 6) is -0.0357. The molecule has 0 bridgehead atoms. The Labute approximate surface area is 124 Å². The topological polar surface area (TPSA) is 66.6 Å². The Balaban J connectivity index is 1.48. The number of carbonyl (C=O) groups excluding carboxylic acids is 2. The molecule has 5 heteroatoms. The van der Waals surface area contributed by atoms with E-state index in [2.05, 4.69) is 4.90 Å². The van der Waals surface area contributed by atoms with E-state index >= 15 is 0 Å². The third-order valence-electron chi connectivity index (χ3n) is 4.62. The van der Waals surface area contributed by atoms with Gasteiger partial charge in [0.25, 0.3) is 5.91 Å². The zero-order chi connectivity index (χ0) is 14.8. The fraction of sp³-hybridized carbons (Fsp3) is 0.500. The minimum Gasteiger partial charge on any atom is -0.369 e. The predicted octanol–water partition coefficient (Wildman–Crippen LogP) is 0.708. The highest BCUT2D eigenvalue weighted by molar-refractivity contribution is 5.94. The first-order valence-corrected chi connectivity index (χ1v) is 7.53. The Morgan fingerprint density at radius 3 is 2.24 bits per heavy atom. The average Bonchev–Trinajstić information content (AvgIpc) is 2.47. The highest BCUT2D eigenvalue weighted by Crippen LogP contribution is 2.24. The number of rotatable bonds is 3. The summed E-state index contributed by atoms with van der Waals surface area (Å²) in [6, 6.07) is 9.84. The molecule has 5 nitrogen and oxygen atoms in total. The number of nitrogens with two attached hydrogens (primary N) is 1. The average molecular weight is 287 g/mol. The molecule has 0 unspecified atom stereocenters. The number of benzene rings is 1. The summed E-state index contributed by atoms with van der Waals surface area (Å²) >= 11 is 0. The quantitative estimate of drug-likeness (QED) is 0.890. The van der Waals surface area contributed by atoms with Gasteiger partial charge in [0.2, 0.25) is 5.91 Å². The molecule has 2 heterocycles. The molecule has 0 atom stereocenters. The van der Waals surface area contributed by atoms with Crippen molar-refractivity contribution in [1.82, 2.24) is 9.80 Å². The molecule has 2 aliphatic heterocycles. The summed E-state index contributed by atoms with van der Waals surface area (Å²) in [7, 11) is 0. The minimum atomic E-state index is -0.177. The normalized spacial score (nSPS) is 21.0. The van der Waals surface area contributed by atoms with Gasteiger partial charge in [0, 0.05) is 30.6 Å². The molecular weight excluding hydrogens is 266 g/mol. The summed E-state index contributed by atoms with van der Waals surface area (Å²) in [6.07, 6.45) is 1.69. The molecule has 112 valence electrons. The van der Waals surface area contributed by atoms with Crippen LogP contribution in [0.25, 0.3) is 0 Å². The van der Waals surface area contributed by atoms with Gasteiger partial charge in [-0.1, -0.05) is 18.2 Å². The molecule has 2 N–H and O–H groups in total. The Bertz CT molecular complexity index is 518. The second-order valence-corrected chi connectivity index (χ2v) is 5.94. The highest BCUT2D eigenvalue weighted by atomic mass is 16.2. The molecule has 1 aromatic rings. The monoisotopic (exact) mass is 287 g/mol. The van der Waals surface area contributed by atoms with Crippen LogP contribution in [0.15, 0.2) is 30.3 Å². The van der Waals surface area contributed by atoms with Crippen molar-refractivity contribution in [1.29, 1.82) is 0 Å². The molecule has 2 amide bonds. The number of piperidine rings is 1. The molecule has 2 aliphatic rings. The van der Waals surface area contributed by atoms with Gasteiger partial charge in [0.05, 0.1) is 0 Å². The lowest BCUT2D eigenvalue weighted by Crippen LogP contribution is -2.62. The lowest BCUT2D eigenvalue weighted by molar-refractivity contribution is -0.123. The summed E-state index contributed by atoms with van der Waals surface area (Å²) in [6.45, 7) is 3.39. The lowest BCUT2D eigenvalue weighted by atomic mass is 9.93. The van der Waals surface area contributed by atoms with E-state index < -0.39 is 0 Å². The van der Waals surface area contributed by atoms with Crippen molar-refractivity contribution in [2.75, 3.05) is 26.2 Å². The van der Waals surface area contributed by atoms with Gasteiger partial charge in [0.15, 0.2) is 0 Å². The number of nitrogens with zero attached hydrogens (tertiary/aromatic N) is 2. The third kappa shape index (κ3) is 2.93. The maximum atomic E-state index is 12.2. The minimum absolute atomic E-state index is 0.0309. The van der Waals surface area contributed by atoms with Crippen LogP contribution in [-0.2, 0) is 4.79 Å². The Morgan fingerprint density at radius 1 is 1.05 bits per heavy atom. The van der Waals surface area contributed by atoms with Gasteiger partial charge < -0.3 is 10.6 Å². The van der Waals surface area contributed by atoms with Gasteiger partial charge >= 0.3 is 0 Å². The first kappa shape index (κ1) is 14.1. The van der Waals surface area contributed by atoms with E-state index in [1.54, 1.807) is 0 Å². The molecule has 0 aliphatic carbocycles. The number of likely N-dealkylation sites (tertiary alicyclic amines) is 2. The lowest BCUT2D eigenvalue weighted by Gasteiger charge is -2.47. The highest BCUT2D eigenvalue weighted by Gasteiger charge is 2.37. The van der Waals surface area contributed by atoms with Gasteiger partial charge in [-0.15, -0.1) is 0 Å². The van der Waals surface area contributed by atoms with Crippen LogP contribution in [0.2, 0.25) is 0 Å². The molecule has 3 rings (SSSR count). The molecule has 0 aromatic heterocycles. The van der Waals surface area contributed by atoms with Crippen LogP contribution < -0.4 is 5.73 Å².